The van der Waals surface area contributed by atoms with Gasteiger partial charge in [-0.25, -0.2) is 4.79 Å². The van der Waals surface area contributed by atoms with Gasteiger partial charge in [0, 0.05) is 26.1 Å². The summed E-state index contributed by atoms with van der Waals surface area (Å²) in [7, 11) is 2.85. The molecule has 1 N–H and O–H groups in total. The summed E-state index contributed by atoms with van der Waals surface area (Å²) in [5.41, 5.74) is 2.82. The van der Waals surface area contributed by atoms with E-state index in [2.05, 4.69) is 0 Å². The second-order valence-corrected chi connectivity index (χ2v) is 6.96. The molecule has 0 spiro atoms. The minimum absolute atomic E-state index is 0.0980. The van der Waals surface area contributed by atoms with Gasteiger partial charge in [0.25, 0.3) is 0 Å². The Hall–Kier alpha value is -3.06. The van der Waals surface area contributed by atoms with Crippen molar-refractivity contribution in [1.82, 2.24) is 4.90 Å². The molecule has 3 rings (SSSR count). The number of amides is 1. The first-order chi connectivity index (χ1) is 14.0. The zero-order chi connectivity index (χ0) is 20.8. The van der Waals surface area contributed by atoms with Crippen LogP contribution in [0, 0.1) is 5.92 Å². The second kappa shape index (κ2) is 9.43. The number of aliphatic carboxylic acids is 1. The third-order valence-electron chi connectivity index (χ3n) is 5.17. The minimum Gasteiger partial charge on any atom is -0.481 e. The molecule has 1 heterocycles. The fourth-order valence-corrected chi connectivity index (χ4v) is 3.74. The van der Waals surface area contributed by atoms with Gasteiger partial charge in [0.15, 0.2) is 6.79 Å². The number of hydrogen-bond acceptors (Lipinski definition) is 5. The van der Waals surface area contributed by atoms with Crippen LogP contribution in [0.25, 0.3) is 11.1 Å². The Bertz CT molecular complexity index is 854. The Kier molecular flexibility index (Phi) is 6.72. The van der Waals surface area contributed by atoms with Gasteiger partial charge in [-0.2, -0.15) is 0 Å². The molecule has 2 aromatic rings. The average Bonchev–Trinajstić information content (AvgIpc) is 2.77. The van der Waals surface area contributed by atoms with Crippen LogP contribution in [-0.2, 0) is 14.3 Å². The molecule has 1 amide bonds. The maximum atomic E-state index is 12.0. The lowest BCUT2D eigenvalue weighted by Gasteiger charge is -2.36. The van der Waals surface area contributed by atoms with Crippen LogP contribution < -0.4 is 4.74 Å². The lowest BCUT2D eigenvalue weighted by atomic mass is 9.79. The molecule has 1 fully saturated rings. The largest absolute Gasteiger partial charge is 0.481 e. The van der Waals surface area contributed by atoms with E-state index in [4.69, 9.17) is 14.2 Å². The maximum absolute atomic E-state index is 12.0. The Morgan fingerprint density at radius 2 is 1.86 bits per heavy atom. The summed E-state index contributed by atoms with van der Waals surface area (Å²) in [5, 5.41) is 9.81. The zero-order valence-corrected chi connectivity index (χ0v) is 16.5. The molecule has 0 bridgehead atoms. The molecule has 7 nitrogen and oxygen atoms in total. The number of hydrogen-bond donors (Lipinski definition) is 1. The Labute approximate surface area is 169 Å². The first-order valence-corrected chi connectivity index (χ1v) is 9.41. The number of likely N-dealkylation sites (tertiary alicyclic amines) is 1. The number of benzene rings is 2. The summed E-state index contributed by atoms with van der Waals surface area (Å²) in [6.07, 6.45) is 0.0189. The Morgan fingerprint density at radius 3 is 2.52 bits per heavy atom. The molecule has 29 heavy (non-hydrogen) atoms. The number of piperidine rings is 1. The van der Waals surface area contributed by atoms with E-state index in [1.807, 2.05) is 48.5 Å². The number of nitrogens with zero attached hydrogens (tertiary/aromatic N) is 1. The van der Waals surface area contributed by atoms with Crippen molar-refractivity contribution in [2.75, 3.05) is 34.1 Å². The quantitative estimate of drug-likeness (QED) is 0.747. The van der Waals surface area contributed by atoms with E-state index in [-0.39, 0.29) is 19.3 Å². The molecule has 7 heteroatoms. The van der Waals surface area contributed by atoms with Crippen LogP contribution in [0.5, 0.6) is 5.75 Å². The van der Waals surface area contributed by atoms with Crippen LogP contribution >= 0.6 is 0 Å². The van der Waals surface area contributed by atoms with Crippen molar-refractivity contribution < 1.29 is 28.9 Å². The van der Waals surface area contributed by atoms with Crippen molar-refractivity contribution in [3.63, 3.8) is 0 Å². The predicted molar refractivity (Wildman–Crippen MR) is 107 cm³/mol. The Balaban J connectivity index is 1.97. The molecular weight excluding hydrogens is 374 g/mol. The van der Waals surface area contributed by atoms with Gasteiger partial charge in [-0.05, 0) is 35.2 Å². The van der Waals surface area contributed by atoms with Crippen LogP contribution in [0.1, 0.15) is 17.9 Å². The van der Waals surface area contributed by atoms with Crippen molar-refractivity contribution in [2.45, 2.75) is 12.3 Å². The Morgan fingerprint density at radius 1 is 1.10 bits per heavy atom. The highest BCUT2D eigenvalue weighted by atomic mass is 16.7. The van der Waals surface area contributed by atoms with Gasteiger partial charge in [0.1, 0.15) is 5.75 Å². The molecule has 1 aliphatic rings. The number of ether oxygens (including phenoxy) is 3. The summed E-state index contributed by atoms with van der Waals surface area (Å²) in [6.45, 7) is 0.641. The molecule has 0 aliphatic carbocycles. The van der Waals surface area contributed by atoms with Crippen LogP contribution in [0.3, 0.4) is 0 Å². The van der Waals surface area contributed by atoms with E-state index in [9.17, 15) is 14.7 Å². The summed E-state index contributed by atoms with van der Waals surface area (Å²) in [6, 6.07) is 15.6. The normalized spacial score (nSPS) is 18.9. The maximum Gasteiger partial charge on any atom is 0.409 e. The second-order valence-electron chi connectivity index (χ2n) is 6.96. The molecule has 0 radical (unpaired) electrons. The minimum atomic E-state index is -0.937. The first-order valence-electron chi connectivity index (χ1n) is 9.41. The third-order valence-corrected chi connectivity index (χ3v) is 5.17. The van der Waals surface area contributed by atoms with E-state index in [0.717, 1.165) is 16.7 Å². The number of carboxylic acid groups (broad SMARTS) is 1. The summed E-state index contributed by atoms with van der Waals surface area (Å²) in [4.78, 5) is 25.3. The highest BCUT2D eigenvalue weighted by Gasteiger charge is 2.37. The summed E-state index contributed by atoms with van der Waals surface area (Å²) < 4.78 is 15.4. The predicted octanol–water partition coefficient (Wildman–Crippen LogP) is 3.59. The summed E-state index contributed by atoms with van der Waals surface area (Å²) >= 11 is 0. The third kappa shape index (κ3) is 4.86. The van der Waals surface area contributed by atoms with Crippen molar-refractivity contribution in [3.05, 3.63) is 54.1 Å². The molecule has 0 aromatic heterocycles. The fraction of sp³-hybridized carbons (Fsp3) is 0.364. The molecule has 1 unspecified atom stereocenters. The highest BCUT2D eigenvalue weighted by Crippen LogP contribution is 2.37. The smallest absolute Gasteiger partial charge is 0.409 e. The fourth-order valence-electron chi connectivity index (χ4n) is 3.74. The topological polar surface area (TPSA) is 85.3 Å². The van der Waals surface area contributed by atoms with E-state index >= 15 is 0 Å². The van der Waals surface area contributed by atoms with E-state index < -0.39 is 18.0 Å². The monoisotopic (exact) mass is 399 g/mol. The van der Waals surface area contributed by atoms with Crippen molar-refractivity contribution in [1.29, 1.82) is 0 Å². The van der Waals surface area contributed by atoms with Gasteiger partial charge in [-0.15, -0.1) is 0 Å². The summed E-state index contributed by atoms with van der Waals surface area (Å²) in [5.74, 6) is -1.30. The van der Waals surface area contributed by atoms with Gasteiger partial charge >= 0.3 is 12.1 Å². The van der Waals surface area contributed by atoms with Gasteiger partial charge in [-0.3, -0.25) is 4.79 Å². The zero-order valence-electron chi connectivity index (χ0n) is 16.5. The first kappa shape index (κ1) is 20.7. The standard InChI is InChI=1S/C22H25NO6/c1-27-14-29-18-11-16(15-6-4-3-5-7-15)10-17(12-18)19-8-9-23(22(26)28-2)13-20(19)21(24)25/h3-7,10-12,19-20H,8-9,13-14H2,1-2H3,(H,24,25)/t19-,20?/m1/s1. The van der Waals surface area contributed by atoms with E-state index in [1.165, 1.54) is 12.0 Å². The SMILES string of the molecule is COCOc1cc(-c2ccccc2)cc([C@H]2CCN(C(=O)OC)CC2C(=O)O)c1. The van der Waals surface area contributed by atoms with Crippen molar-refractivity contribution in [2.24, 2.45) is 5.92 Å². The highest BCUT2D eigenvalue weighted by molar-refractivity contribution is 5.75. The van der Waals surface area contributed by atoms with Gasteiger partial charge in [0.2, 0.25) is 0 Å². The number of carbonyl (C=O) groups is 2. The molecule has 0 saturated carbocycles. The lowest BCUT2D eigenvalue weighted by Crippen LogP contribution is -2.45. The van der Waals surface area contributed by atoms with Gasteiger partial charge in [0.05, 0.1) is 13.0 Å². The number of carbonyl (C=O) groups excluding carboxylic acids is 1. The molecular formula is C22H25NO6. The van der Waals surface area contributed by atoms with Crippen LogP contribution in [0.15, 0.2) is 48.5 Å². The van der Waals surface area contributed by atoms with Crippen LogP contribution in [-0.4, -0.2) is 56.2 Å². The van der Waals surface area contributed by atoms with Gasteiger partial charge < -0.3 is 24.2 Å². The average molecular weight is 399 g/mol. The molecule has 154 valence electrons. The molecule has 2 aromatic carbocycles. The van der Waals surface area contributed by atoms with E-state index in [1.54, 1.807) is 7.11 Å². The number of methoxy groups -OCH3 is 2. The number of carboxylic acids is 1. The lowest BCUT2D eigenvalue weighted by molar-refractivity contribution is -0.144. The molecule has 2 atom stereocenters. The van der Waals surface area contributed by atoms with Crippen molar-refractivity contribution >= 4 is 12.1 Å². The van der Waals surface area contributed by atoms with E-state index in [0.29, 0.717) is 18.7 Å². The number of rotatable bonds is 6. The van der Waals surface area contributed by atoms with Gasteiger partial charge in [-0.1, -0.05) is 36.4 Å². The molecule has 1 saturated heterocycles. The van der Waals surface area contributed by atoms with Crippen molar-refractivity contribution in [3.8, 4) is 16.9 Å². The van der Waals surface area contributed by atoms with Crippen LogP contribution in [0.4, 0.5) is 4.79 Å². The van der Waals surface area contributed by atoms with Crippen LogP contribution in [0.2, 0.25) is 0 Å². The molecule has 1 aliphatic heterocycles.